The van der Waals surface area contributed by atoms with Gasteiger partial charge < -0.3 is 20.5 Å². The van der Waals surface area contributed by atoms with Crippen LogP contribution in [0.4, 0.5) is 4.79 Å². The Labute approximate surface area is 199 Å². The summed E-state index contributed by atoms with van der Waals surface area (Å²) in [5.41, 5.74) is 4.03. The molecule has 0 bridgehead atoms. The van der Waals surface area contributed by atoms with Crippen molar-refractivity contribution in [1.82, 2.24) is 10.6 Å². The number of benzene rings is 2. The number of amides is 2. The molecule has 3 N–H and O–H groups in total. The molecule has 2 aromatic rings. The van der Waals surface area contributed by atoms with Crippen LogP contribution in [0.2, 0.25) is 0 Å². The highest BCUT2D eigenvalue weighted by Crippen LogP contribution is 2.44. The van der Waals surface area contributed by atoms with E-state index in [0.717, 1.165) is 22.3 Å². The normalized spacial score (nSPS) is 19.9. The Morgan fingerprint density at radius 2 is 1.56 bits per heavy atom. The average molecular weight is 465 g/mol. The third-order valence-corrected chi connectivity index (χ3v) is 6.78. The van der Waals surface area contributed by atoms with Crippen molar-refractivity contribution in [1.29, 1.82) is 0 Å². The van der Waals surface area contributed by atoms with E-state index in [9.17, 15) is 14.4 Å². The minimum absolute atomic E-state index is 0.0544. The van der Waals surface area contributed by atoms with Gasteiger partial charge in [0.05, 0.1) is 0 Å². The number of hydrogen-bond acceptors (Lipinski definition) is 4. The van der Waals surface area contributed by atoms with Crippen molar-refractivity contribution >= 4 is 18.0 Å². The summed E-state index contributed by atoms with van der Waals surface area (Å²) in [6.07, 6.45) is 0.765. The number of fused-ring (bicyclic) bond motifs is 3. The van der Waals surface area contributed by atoms with Gasteiger partial charge in [-0.25, -0.2) is 4.79 Å². The Bertz CT molecular complexity index is 1040. The molecule has 0 heterocycles. The van der Waals surface area contributed by atoms with E-state index in [1.165, 1.54) is 0 Å². The van der Waals surface area contributed by atoms with Crippen molar-refractivity contribution in [2.75, 3.05) is 6.61 Å². The summed E-state index contributed by atoms with van der Waals surface area (Å²) in [4.78, 5) is 36.5. The van der Waals surface area contributed by atoms with Gasteiger partial charge in [0.1, 0.15) is 12.6 Å². The number of alkyl carbamates (subject to hydrolysis) is 1. The third kappa shape index (κ3) is 5.08. The summed E-state index contributed by atoms with van der Waals surface area (Å²) in [5, 5.41) is 14.6. The number of carbonyl (C=O) groups excluding carboxylic acids is 2. The van der Waals surface area contributed by atoms with Crippen LogP contribution in [0.1, 0.15) is 57.1 Å². The van der Waals surface area contributed by atoms with Gasteiger partial charge in [0, 0.05) is 18.4 Å². The minimum Gasteiger partial charge on any atom is -0.481 e. The predicted molar refractivity (Wildman–Crippen MR) is 128 cm³/mol. The third-order valence-electron chi connectivity index (χ3n) is 6.78. The maximum Gasteiger partial charge on any atom is 0.407 e. The molecule has 2 aromatic carbocycles. The van der Waals surface area contributed by atoms with Crippen LogP contribution in [0.3, 0.4) is 0 Å². The first-order valence-corrected chi connectivity index (χ1v) is 11.8. The molecule has 2 amide bonds. The molecule has 180 valence electrons. The topological polar surface area (TPSA) is 105 Å². The lowest BCUT2D eigenvalue weighted by molar-refractivity contribution is -0.139. The zero-order valence-electron chi connectivity index (χ0n) is 19.8. The lowest BCUT2D eigenvalue weighted by Crippen LogP contribution is -2.57. The molecule has 2 aliphatic carbocycles. The van der Waals surface area contributed by atoms with Crippen LogP contribution in [0, 0.1) is 11.3 Å². The van der Waals surface area contributed by atoms with Gasteiger partial charge in [-0.1, -0.05) is 69.3 Å². The SMILES string of the molecule is CC(C)(C)[C@@H](NC(=O)OCC1c2ccccc2-c2ccccc21)C(=O)NC1CC(CC(=O)O)C1. The molecule has 4 rings (SSSR count). The molecule has 0 saturated heterocycles. The van der Waals surface area contributed by atoms with E-state index in [2.05, 4.69) is 34.9 Å². The van der Waals surface area contributed by atoms with Gasteiger partial charge in [0.2, 0.25) is 5.91 Å². The molecular weight excluding hydrogens is 432 g/mol. The molecule has 1 fully saturated rings. The molecule has 2 aliphatic rings. The average Bonchev–Trinajstić information content (AvgIpc) is 3.07. The predicted octanol–water partition coefficient (Wildman–Crippen LogP) is 4.31. The standard InChI is InChI=1S/C27H32N2O5/c1-27(2,3)24(25(32)28-17-12-16(13-17)14-23(30)31)29-26(33)34-15-22-20-10-6-4-8-18(20)19-9-5-7-11-21(19)22/h4-11,16-17,22,24H,12-15H2,1-3H3,(H,28,32)(H,29,33)(H,30,31)/t16?,17?,24-/m0/s1. The van der Waals surface area contributed by atoms with Crippen molar-refractivity contribution in [3.05, 3.63) is 59.7 Å². The van der Waals surface area contributed by atoms with Gasteiger partial charge in [-0.05, 0) is 46.4 Å². The summed E-state index contributed by atoms with van der Waals surface area (Å²) in [5.74, 6) is -1.06. The lowest BCUT2D eigenvalue weighted by atomic mass is 9.77. The molecule has 0 spiro atoms. The quantitative estimate of drug-likeness (QED) is 0.566. The zero-order chi connectivity index (χ0) is 24.5. The largest absolute Gasteiger partial charge is 0.481 e. The van der Waals surface area contributed by atoms with Gasteiger partial charge in [0.25, 0.3) is 0 Å². The summed E-state index contributed by atoms with van der Waals surface area (Å²) >= 11 is 0. The summed E-state index contributed by atoms with van der Waals surface area (Å²) in [7, 11) is 0. The smallest absolute Gasteiger partial charge is 0.407 e. The van der Waals surface area contributed by atoms with Crippen molar-refractivity contribution in [3.63, 3.8) is 0 Å². The number of ether oxygens (including phenoxy) is 1. The summed E-state index contributed by atoms with van der Waals surface area (Å²) in [6.45, 7) is 5.83. The molecule has 0 unspecified atom stereocenters. The molecule has 0 aromatic heterocycles. The molecule has 34 heavy (non-hydrogen) atoms. The Balaban J connectivity index is 1.36. The van der Waals surface area contributed by atoms with Crippen molar-refractivity contribution in [2.24, 2.45) is 11.3 Å². The van der Waals surface area contributed by atoms with Crippen molar-refractivity contribution in [3.8, 4) is 11.1 Å². The lowest BCUT2D eigenvalue weighted by Gasteiger charge is -2.38. The number of rotatable bonds is 7. The van der Waals surface area contributed by atoms with E-state index in [-0.39, 0.29) is 36.8 Å². The highest BCUT2D eigenvalue weighted by atomic mass is 16.5. The molecule has 0 aliphatic heterocycles. The van der Waals surface area contributed by atoms with E-state index in [1.54, 1.807) is 0 Å². The fourth-order valence-electron chi connectivity index (χ4n) is 4.98. The Morgan fingerprint density at radius 1 is 1.00 bits per heavy atom. The minimum atomic E-state index is -0.820. The first-order valence-electron chi connectivity index (χ1n) is 11.8. The van der Waals surface area contributed by atoms with Crippen LogP contribution in [0.5, 0.6) is 0 Å². The molecule has 7 nitrogen and oxygen atoms in total. The molecular formula is C27H32N2O5. The summed E-state index contributed by atoms with van der Waals surface area (Å²) < 4.78 is 5.63. The van der Waals surface area contributed by atoms with E-state index in [1.807, 2.05) is 45.0 Å². The number of nitrogens with one attached hydrogen (secondary N) is 2. The molecule has 0 radical (unpaired) electrons. The number of carbonyl (C=O) groups is 3. The van der Waals surface area contributed by atoms with Crippen LogP contribution >= 0.6 is 0 Å². The maximum absolute atomic E-state index is 12.9. The highest BCUT2D eigenvalue weighted by Gasteiger charge is 2.38. The second-order valence-electron chi connectivity index (χ2n) is 10.4. The van der Waals surface area contributed by atoms with Gasteiger partial charge in [-0.3, -0.25) is 9.59 Å². The first-order chi connectivity index (χ1) is 16.1. The Kier molecular flexibility index (Phi) is 6.64. The fourth-order valence-corrected chi connectivity index (χ4v) is 4.98. The van der Waals surface area contributed by atoms with Crippen LogP contribution in [0.15, 0.2) is 48.5 Å². The number of carboxylic acid groups (broad SMARTS) is 1. The Hall–Kier alpha value is -3.35. The molecule has 1 saturated carbocycles. The van der Waals surface area contributed by atoms with Crippen LogP contribution < -0.4 is 10.6 Å². The van der Waals surface area contributed by atoms with E-state index in [4.69, 9.17) is 9.84 Å². The van der Waals surface area contributed by atoms with Crippen LogP contribution in [-0.2, 0) is 14.3 Å². The zero-order valence-corrected chi connectivity index (χ0v) is 19.8. The number of aliphatic carboxylic acids is 1. The molecule has 7 heteroatoms. The van der Waals surface area contributed by atoms with Gasteiger partial charge in [-0.2, -0.15) is 0 Å². The number of carboxylic acids is 1. The first kappa shape index (κ1) is 23.8. The van der Waals surface area contributed by atoms with Crippen LogP contribution in [0.25, 0.3) is 11.1 Å². The second-order valence-corrected chi connectivity index (χ2v) is 10.4. The highest BCUT2D eigenvalue weighted by molar-refractivity contribution is 5.87. The molecule has 1 atom stereocenters. The van der Waals surface area contributed by atoms with Gasteiger partial charge in [0.15, 0.2) is 0 Å². The number of hydrogen-bond donors (Lipinski definition) is 3. The van der Waals surface area contributed by atoms with Crippen molar-refractivity contribution in [2.45, 2.75) is 58.0 Å². The monoisotopic (exact) mass is 464 g/mol. The van der Waals surface area contributed by atoms with E-state index < -0.39 is 23.5 Å². The van der Waals surface area contributed by atoms with Gasteiger partial charge in [-0.15, -0.1) is 0 Å². The summed E-state index contributed by atoms with van der Waals surface area (Å²) in [6, 6.07) is 15.4. The van der Waals surface area contributed by atoms with E-state index >= 15 is 0 Å². The van der Waals surface area contributed by atoms with Crippen LogP contribution in [-0.4, -0.2) is 41.8 Å². The second kappa shape index (κ2) is 9.49. The Morgan fingerprint density at radius 3 is 2.09 bits per heavy atom. The van der Waals surface area contributed by atoms with Gasteiger partial charge >= 0.3 is 12.1 Å². The van der Waals surface area contributed by atoms with Crippen molar-refractivity contribution < 1.29 is 24.2 Å². The maximum atomic E-state index is 12.9. The fraction of sp³-hybridized carbons (Fsp3) is 0.444. The van der Waals surface area contributed by atoms with E-state index in [0.29, 0.717) is 12.8 Å².